The monoisotopic (exact) mass is 275 g/mol. The van der Waals surface area contributed by atoms with Crippen LogP contribution < -0.4 is 10.6 Å². The van der Waals surface area contributed by atoms with Gasteiger partial charge < -0.3 is 10.6 Å². The minimum absolute atomic E-state index is 0.0791. The van der Waals surface area contributed by atoms with Crippen molar-refractivity contribution in [2.24, 2.45) is 7.05 Å². The first-order chi connectivity index (χ1) is 9.52. The molecule has 0 unspecified atom stereocenters. The lowest BCUT2D eigenvalue weighted by atomic mass is 10.1. The molecule has 1 aromatic heterocycles. The molecule has 0 aliphatic rings. The van der Waals surface area contributed by atoms with Crippen LogP contribution >= 0.6 is 0 Å². The Morgan fingerprint density at radius 3 is 2.70 bits per heavy atom. The van der Waals surface area contributed by atoms with Crippen LogP contribution in [0.3, 0.4) is 0 Å². The zero-order valence-corrected chi connectivity index (χ0v) is 11.0. The van der Waals surface area contributed by atoms with Crippen LogP contribution in [0.4, 0.5) is 17.2 Å². The number of aromatic nitrogens is 2. The lowest BCUT2D eigenvalue weighted by Crippen LogP contribution is -2.15. The number of nitrogens with zero attached hydrogens (tertiary/aromatic N) is 3. The summed E-state index contributed by atoms with van der Waals surface area (Å²) < 4.78 is 1.52. The summed E-state index contributed by atoms with van der Waals surface area (Å²) in [5.41, 5.74) is 0.526. The molecule has 2 rings (SSSR count). The number of benzene rings is 1. The Hall–Kier alpha value is -2.90. The van der Waals surface area contributed by atoms with Gasteiger partial charge in [-0.1, -0.05) is 0 Å². The summed E-state index contributed by atoms with van der Waals surface area (Å²) in [5.74, 6) is 0.180. The highest BCUT2D eigenvalue weighted by Gasteiger charge is 2.16. The molecule has 0 bridgehead atoms. The molecule has 0 saturated carbocycles. The van der Waals surface area contributed by atoms with Gasteiger partial charge in [-0.05, 0) is 12.1 Å². The first-order valence-electron chi connectivity index (χ1n) is 5.78. The van der Waals surface area contributed by atoms with Gasteiger partial charge in [0.1, 0.15) is 11.5 Å². The van der Waals surface area contributed by atoms with Crippen LogP contribution in [0, 0.1) is 10.1 Å². The number of amides is 1. The highest BCUT2D eigenvalue weighted by Crippen LogP contribution is 2.25. The number of rotatable bonds is 4. The molecule has 8 nitrogen and oxygen atoms in total. The molecule has 1 aromatic carbocycles. The molecular formula is C12H13N5O3. The van der Waals surface area contributed by atoms with Crippen LogP contribution in [0.5, 0.6) is 0 Å². The fourth-order valence-corrected chi connectivity index (χ4v) is 1.72. The van der Waals surface area contributed by atoms with Crippen LogP contribution in [-0.4, -0.2) is 27.7 Å². The molecule has 1 amide bonds. The summed E-state index contributed by atoms with van der Waals surface area (Å²) in [6.07, 6.45) is 1.56. The molecule has 104 valence electrons. The van der Waals surface area contributed by atoms with Crippen molar-refractivity contribution in [1.82, 2.24) is 9.78 Å². The molecule has 8 heteroatoms. The molecule has 0 spiro atoms. The van der Waals surface area contributed by atoms with Crippen molar-refractivity contribution in [3.05, 3.63) is 46.1 Å². The van der Waals surface area contributed by atoms with Crippen molar-refractivity contribution >= 4 is 23.1 Å². The largest absolute Gasteiger partial charge is 0.383 e. The number of aryl methyl sites for hydroxylation is 1. The third kappa shape index (κ3) is 2.58. The Bertz CT molecular complexity index is 665. The van der Waals surface area contributed by atoms with Gasteiger partial charge in [0.05, 0.1) is 11.1 Å². The Balaban J connectivity index is 2.27. The average Bonchev–Trinajstić information content (AvgIpc) is 2.83. The van der Waals surface area contributed by atoms with Gasteiger partial charge in [-0.15, -0.1) is 0 Å². The van der Waals surface area contributed by atoms with Crippen LogP contribution in [0.15, 0.2) is 30.5 Å². The van der Waals surface area contributed by atoms with Crippen molar-refractivity contribution in [2.45, 2.75) is 0 Å². The van der Waals surface area contributed by atoms with Crippen LogP contribution in [-0.2, 0) is 7.05 Å². The van der Waals surface area contributed by atoms with Crippen LogP contribution in [0.25, 0.3) is 0 Å². The van der Waals surface area contributed by atoms with Crippen LogP contribution in [0.1, 0.15) is 10.4 Å². The molecule has 0 atom stereocenters. The van der Waals surface area contributed by atoms with Crippen molar-refractivity contribution in [3.63, 3.8) is 0 Å². The van der Waals surface area contributed by atoms with Crippen molar-refractivity contribution < 1.29 is 9.72 Å². The minimum atomic E-state index is -0.505. The Kier molecular flexibility index (Phi) is 3.65. The Morgan fingerprint density at radius 2 is 2.15 bits per heavy atom. The maximum Gasteiger partial charge on any atom is 0.292 e. The zero-order valence-electron chi connectivity index (χ0n) is 11.0. The van der Waals surface area contributed by atoms with E-state index in [1.807, 2.05) is 0 Å². The van der Waals surface area contributed by atoms with Crippen molar-refractivity contribution in [3.8, 4) is 0 Å². The van der Waals surface area contributed by atoms with E-state index in [4.69, 9.17) is 0 Å². The Morgan fingerprint density at radius 1 is 1.40 bits per heavy atom. The van der Waals surface area contributed by atoms with Gasteiger partial charge in [-0.2, -0.15) is 5.10 Å². The molecule has 0 fully saturated rings. The van der Waals surface area contributed by atoms with E-state index in [1.165, 1.54) is 22.9 Å². The summed E-state index contributed by atoms with van der Waals surface area (Å²) in [6.45, 7) is 0. The molecule has 2 aromatic rings. The first kappa shape index (κ1) is 13.5. The highest BCUT2D eigenvalue weighted by molar-refractivity contribution is 6.04. The Labute approximate surface area is 114 Å². The van der Waals surface area contributed by atoms with Gasteiger partial charge in [0.25, 0.3) is 11.6 Å². The number of hydrogen-bond donors (Lipinski definition) is 2. The first-order valence-corrected chi connectivity index (χ1v) is 5.78. The minimum Gasteiger partial charge on any atom is -0.383 e. The molecular weight excluding hydrogens is 262 g/mol. The maximum atomic E-state index is 12.1. The average molecular weight is 275 g/mol. The lowest BCUT2D eigenvalue weighted by molar-refractivity contribution is -0.383. The molecule has 1 heterocycles. The topological polar surface area (TPSA) is 102 Å². The molecule has 20 heavy (non-hydrogen) atoms. The number of carbonyl (C=O) groups is 1. The number of nitrogens with one attached hydrogen (secondary N) is 2. The van der Waals surface area contributed by atoms with Gasteiger partial charge in [0.15, 0.2) is 0 Å². The standard InChI is InChI=1S/C12H13N5O3/c1-13-9-7-8(3-4-10(9)17(19)20)12(18)15-11-5-6-14-16(11)2/h3-7,13H,1-2H3,(H,15,18). The van der Waals surface area contributed by atoms with Crippen molar-refractivity contribution in [1.29, 1.82) is 0 Å². The quantitative estimate of drug-likeness (QED) is 0.652. The predicted octanol–water partition coefficient (Wildman–Crippen LogP) is 1.62. The predicted molar refractivity (Wildman–Crippen MR) is 73.8 cm³/mol. The SMILES string of the molecule is CNc1cc(C(=O)Nc2ccnn2C)ccc1[N+](=O)[O-]. The third-order valence-electron chi connectivity index (χ3n) is 2.79. The van der Waals surface area contributed by atoms with Gasteiger partial charge >= 0.3 is 0 Å². The van der Waals surface area contributed by atoms with E-state index in [0.717, 1.165) is 0 Å². The fraction of sp³-hybridized carbons (Fsp3) is 0.167. The second-order valence-corrected chi connectivity index (χ2v) is 4.03. The summed E-state index contributed by atoms with van der Waals surface area (Å²) >= 11 is 0. The molecule has 0 saturated heterocycles. The zero-order chi connectivity index (χ0) is 14.7. The van der Waals surface area contributed by atoms with Crippen molar-refractivity contribution in [2.75, 3.05) is 17.7 Å². The maximum absolute atomic E-state index is 12.1. The number of nitro groups is 1. The number of hydrogen-bond acceptors (Lipinski definition) is 5. The van der Waals surface area contributed by atoms with Crippen LogP contribution in [0.2, 0.25) is 0 Å². The van der Waals surface area contributed by atoms with E-state index in [2.05, 4.69) is 15.7 Å². The van der Waals surface area contributed by atoms with Gasteiger partial charge in [0, 0.05) is 31.8 Å². The highest BCUT2D eigenvalue weighted by atomic mass is 16.6. The van der Waals surface area contributed by atoms with Gasteiger partial charge in [0.2, 0.25) is 0 Å². The fourth-order valence-electron chi connectivity index (χ4n) is 1.72. The van der Waals surface area contributed by atoms with Gasteiger partial charge in [-0.25, -0.2) is 0 Å². The smallest absolute Gasteiger partial charge is 0.292 e. The van der Waals surface area contributed by atoms with E-state index in [9.17, 15) is 14.9 Å². The van der Waals surface area contributed by atoms with Gasteiger partial charge in [-0.3, -0.25) is 19.6 Å². The number of anilines is 2. The molecule has 0 radical (unpaired) electrons. The molecule has 2 N–H and O–H groups in total. The molecule has 0 aliphatic heterocycles. The summed E-state index contributed by atoms with van der Waals surface area (Å²) in [6, 6.07) is 5.79. The van der Waals surface area contributed by atoms with E-state index < -0.39 is 4.92 Å². The second-order valence-electron chi connectivity index (χ2n) is 4.03. The number of nitro benzene ring substituents is 1. The summed E-state index contributed by atoms with van der Waals surface area (Å²) in [5, 5.41) is 20.1. The molecule has 0 aliphatic carbocycles. The van der Waals surface area contributed by atoms with E-state index in [1.54, 1.807) is 26.4 Å². The normalized spacial score (nSPS) is 10.1. The third-order valence-corrected chi connectivity index (χ3v) is 2.79. The van der Waals surface area contributed by atoms with E-state index >= 15 is 0 Å². The van der Waals surface area contributed by atoms with E-state index in [-0.39, 0.29) is 17.3 Å². The second kappa shape index (κ2) is 5.39. The summed E-state index contributed by atoms with van der Waals surface area (Å²) in [7, 11) is 3.26. The lowest BCUT2D eigenvalue weighted by Gasteiger charge is -2.07. The number of carbonyl (C=O) groups excluding carboxylic acids is 1. The summed E-state index contributed by atoms with van der Waals surface area (Å²) in [4.78, 5) is 22.4. The van der Waals surface area contributed by atoms with E-state index in [0.29, 0.717) is 11.4 Å².